The fourth-order valence-corrected chi connectivity index (χ4v) is 10.4. The van der Waals surface area contributed by atoms with Gasteiger partial charge in [-0.3, -0.25) is 9.36 Å². The van der Waals surface area contributed by atoms with Crippen molar-refractivity contribution in [3.05, 3.63) is 119 Å². The number of nitrogens with one attached hydrogen (secondary N) is 1. The maximum Gasteiger partial charge on any atom is 0.351 e. The minimum atomic E-state index is -2.85. The van der Waals surface area contributed by atoms with Crippen LogP contribution in [-0.4, -0.2) is 42.8 Å². The SMILES string of the molecule is Cc1cn([C@H]2CC(C=O)[C@@H](CO[Si](c3ccccc3)(c3ccccc3)C(C)(C)C)O2)c(=O)nc1NC(=O)c1ccccc1. The highest BCUT2D eigenvalue weighted by atomic mass is 28.4. The number of hydrogen-bond donors (Lipinski definition) is 1. The average molecular weight is 596 g/mol. The van der Waals surface area contributed by atoms with Crippen molar-refractivity contribution in [3.8, 4) is 0 Å². The third-order valence-corrected chi connectivity index (χ3v) is 13.1. The van der Waals surface area contributed by atoms with E-state index in [0.29, 0.717) is 17.5 Å². The second kappa shape index (κ2) is 12.6. The summed E-state index contributed by atoms with van der Waals surface area (Å²) in [4.78, 5) is 42.1. The highest BCUT2D eigenvalue weighted by Crippen LogP contribution is 2.39. The molecule has 1 saturated heterocycles. The van der Waals surface area contributed by atoms with Gasteiger partial charge in [-0.1, -0.05) is 99.6 Å². The first-order valence-corrected chi connectivity index (χ1v) is 16.4. The summed E-state index contributed by atoms with van der Waals surface area (Å²) in [5, 5.41) is 4.76. The molecule has 3 aromatic carbocycles. The zero-order chi connectivity index (χ0) is 30.6. The lowest BCUT2D eigenvalue weighted by atomic mass is 10.0. The Kier molecular flexibility index (Phi) is 8.86. The molecule has 1 aliphatic rings. The molecule has 0 bridgehead atoms. The van der Waals surface area contributed by atoms with Crippen molar-refractivity contribution in [1.82, 2.24) is 9.55 Å². The lowest BCUT2D eigenvalue weighted by Crippen LogP contribution is -2.67. The Bertz CT molecular complexity index is 1580. The van der Waals surface area contributed by atoms with Gasteiger partial charge in [0, 0.05) is 29.7 Å². The number of aryl methyl sites for hydroxylation is 1. The minimum absolute atomic E-state index is 0.187. The summed E-state index contributed by atoms with van der Waals surface area (Å²) in [5.41, 5.74) is 0.490. The van der Waals surface area contributed by atoms with Crippen LogP contribution in [0.15, 0.2) is 102 Å². The molecule has 0 spiro atoms. The molecule has 1 aliphatic heterocycles. The van der Waals surface area contributed by atoms with Crippen molar-refractivity contribution in [1.29, 1.82) is 0 Å². The first-order valence-electron chi connectivity index (χ1n) is 14.5. The van der Waals surface area contributed by atoms with Crippen LogP contribution in [0.2, 0.25) is 5.04 Å². The maximum absolute atomic E-state index is 13.1. The minimum Gasteiger partial charge on any atom is -0.405 e. The van der Waals surface area contributed by atoms with E-state index in [1.165, 1.54) is 4.57 Å². The number of anilines is 1. The number of nitrogens with zero attached hydrogens (tertiary/aromatic N) is 2. The summed E-state index contributed by atoms with van der Waals surface area (Å²) in [7, 11) is -2.85. The molecule has 2 heterocycles. The molecule has 0 radical (unpaired) electrons. The van der Waals surface area contributed by atoms with Crippen LogP contribution in [0.1, 0.15) is 49.3 Å². The summed E-state index contributed by atoms with van der Waals surface area (Å²) in [6, 6.07) is 29.3. The summed E-state index contributed by atoms with van der Waals surface area (Å²) in [6.45, 7) is 8.54. The Balaban J connectivity index is 1.39. The van der Waals surface area contributed by atoms with E-state index in [4.69, 9.17) is 9.16 Å². The van der Waals surface area contributed by atoms with Gasteiger partial charge in [0.25, 0.3) is 14.2 Å². The fraction of sp³-hybridized carbons (Fsp3) is 0.294. The third kappa shape index (κ3) is 6.15. The van der Waals surface area contributed by atoms with E-state index in [1.54, 1.807) is 37.4 Å². The summed E-state index contributed by atoms with van der Waals surface area (Å²) >= 11 is 0. The highest BCUT2D eigenvalue weighted by Gasteiger charge is 2.51. The number of aldehydes is 1. The van der Waals surface area contributed by atoms with Gasteiger partial charge in [-0.2, -0.15) is 4.98 Å². The number of benzene rings is 3. The fourth-order valence-electron chi connectivity index (χ4n) is 5.87. The van der Waals surface area contributed by atoms with Gasteiger partial charge in [-0.15, -0.1) is 0 Å². The number of carbonyl (C=O) groups excluding carboxylic acids is 2. The van der Waals surface area contributed by atoms with Gasteiger partial charge in [-0.05, 0) is 34.5 Å². The molecule has 1 N–H and O–H groups in total. The Morgan fingerprint density at radius 1 is 1.00 bits per heavy atom. The summed E-state index contributed by atoms with van der Waals surface area (Å²) in [6.07, 6.45) is 1.58. The molecule has 222 valence electrons. The maximum atomic E-state index is 13.1. The number of ether oxygens (including phenoxy) is 1. The van der Waals surface area contributed by atoms with Crippen molar-refractivity contribution in [2.24, 2.45) is 5.92 Å². The monoisotopic (exact) mass is 595 g/mol. The van der Waals surface area contributed by atoms with E-state index >= 15 is 0 Å². The van der Waals surface area contributed by atoms with Crippen LogP contribution >= 0.6 is 0 Å². The average Bonchev–Trinajstić information content (AvgIpc) is 3.43. The number of carbonyl (C=O) groups is 2. The zero-order valence-corrected chi connectivity index (χ0v) is 25.9. The standard InChI is InChI=1S/C34H37N3O5Si/c1-24-21-37(33(40)36-31(24)35-32(39)25-14-8-5-9-15-25)30-20-26(22-38)29(42-30)23-41-43(34(2,3)4,27-16-10-6-11-17-27)28-18-12-7-13-19-28/h5-19,21-22,26,29-30H,20,23H2,1-4H3,(H,35,36,39,40)/t26?,29-,30-/m1/s1. The third-order valence-electron chi connectivity index (χ3n) is 8.05. The molecule has 0 aliphatic carbocycles. The highest BCUT2D eigenvalue weighted by molar-refractivity contribution is 6.99. The largest absolute Gasteiger partial charge is 0.405 e. The molecule has 9 heteroatoms. The Morgan fingerprint density at radius 3 is 2.09 bits per heavy atom. The van der Waals surface area contributed by atoms with E-state index in [0.717, 1.165) is 16.7 Å². The lowest BCUT2D eigenvalue weighted by Gasteiger charge is -2.43. The zero-order valence-electron chi connectivity index (χ0n) is 24.9. The van der Waals surface area contributed by atoms with E-state index < -0.39 is 32.3 Å². The van der Waals surface area contributed by atoms with Crippen LogP contribution in [0.25, 0.3) is 0 Å². The summed E-state index contributed by atoms with van der Waals surface area (Å²) in [5.74, 6) is -0.633. The van der Waals surface area contributed by atoms with Crippen LogP contribution in [0, 0.1) is 12.8 Å². The molecule has 5 rings (SSSR count). The topological polar surface area (TPSA) is 99.5 Å². The molecule has 1 aromatic heterocycles. The molecular formula is C34H37N3O5Si. The molecule has 1 amide bonds. The molecule has 43 heavy (non-hydrogen) atoms. The number of aromatic nitrogens is 2. The number of rotatable bonds is 9. The van der Waals surface area contributed by atoms with Crippen molar-refractivity contribution >= 4 is 36.7 Å². The predicted molar refractivity (Wildman–Crippen MR) is 169 cm³/mol. The summed E-state index contributed by atoms with van der Waals surface area (Å²) < 4.78 is 14.8. The lowest BCUT2D eigenvalue weighted by molar-refractivity contribution is -0.113. The number of amides is 1. The van der Waals surface area contributed by atoms with Crippen LogP contribution in [0.3, 0.4) is 0 Å². The van der Waals surface area contributed by atoms with Gasteiger partial charge in [-0.25, -0.2) is 4.79 Å². The van der Waals surface area contributed by atoms with Crippen molar-refractivity contribution in [3.63, 3.8) is 0 Å². The van der Waals surface area contributed by atoms with Gasteiger partial charge in [0.05, 0.1) is 12.7 Å². The van der Waals surface area contributed by atoms with Crippen LogP contribution < -0.4 is 21.4 Å². The molecule has 1 fully saturated rings. The van der Waals surface area contributed by atoms with Gasteiger partial charge in [0.15, 0.2) is 0 Å². The van der Waals surface area contributed by atoms with E-state index in [2.05, 4.69) is 55.3 Å². The molecule has 3 atom stereocenters. The first-order chi connectivity index (χ1) is 20.6. The van der Waals surface area contributed by atoms with Crippen LogP contribution in [0.5, 0.6) is 0 Å². The quantitative estimate of drug-likeness (QED) is 0.226. The number of hydrogen-bond acceptors (Lipinski definition) is 6. The second-order valence-electron chi connectivity index (χ2n) is 11.9. The van der Waals surface area contributed by atoms with Crippen molar-refractivity contribution in [2.75, 3.05) is 11.9 Å². The van der Waals surface area contributed by atoms with Crippen LogP contribution in [-0.2, 0) is 14.0 Å². The van der Waals surface area contributed by atoms with Gasteiger partial charge in [0.1, 0.15) is 18.3 Å². The molecule has 0 saturated carbocycles. The first kappa shape index (κ1) is 30.3. The van der Waals surface area contributed by atoms with E-state index in [9.17, 15) is 14.4 Å². The second-order valence-corrected chi connectivity index (χ2v) is 16.2. The molecule has 4 aromatic rings. The molecule has 1 unspecified atom stereocenters. The Labute approximate surface area is 252 Å². The smallest absolute Gasteiger partial charge is 0.351 e. The van der Waals surface area contributed by atoms with E-state index in [1.807, 2.05) is 42.5 Å². The Morgan fingerprint density at radius 2 is 1.56 bits per heavy atom. The van der Waals surface area contributed by atoms with Gasteiger partial charge < -0.3 is 19.3 Å². The predicted octanol–water partition coefficient (Wildman–Crippen LogP) is 4.48. The Hall–Kier alpha value is -4.18. The van der Waals surface area contributed by atoms with Crippen molar-refractivity contribution < 1.29 is 18.8 Å². The van der Waals surface area contributed by atoms with Gasteiger partial charge >= 0.3 is 5.69 Å². The molecular weight excluding hydrogens is 558 g/mol. The van der Waals surface area contributed by atoms with E-state index in [-0.39, 0.29) is 23.4 Å². The van der Waals surface area contributed by atoms with Crippen molar-refractivity contribution in [2.45, 2.75) is 51.5 Å². The van der Waals surface area contributed by atoms with Crippen LogP contribution in [0.4, 0.5) is 5.82 Å². The normalized spacial score (nSPS) is 18.7. The molecule has 8 nitrogen and oxygen atoms in total. The van der Waals surface area contributed by atoms with Gasteiger partial charge in [0.2, 0.25) is 0 Å².